The van der Waals surface area contributed by atoms with Crippen LogP contribution < -0.4 is 10.6 Å². The third-order valence-electron chi connectivity index (χ3n) is 4.43. The standard InChI is InChI=1S/C17H19ClN2O4/c18-12-3-6-14-11(7-12)8-15(24-14)16(21)20-13-4-1-10(2-5-13)9-19-17(22)23/h3,6-8,10,13,19H,1-2,4-5,9H2,(H,20,21)(H,22,23). The lowest BCUT2D eigenvalue weighted by molar-refractivity contribution is 0.0896. The van der Waals surface area contributed by atoms with E-state index in [-0.39, 0.29) is 17.7 Å². The van der Waals surface area contributed by atoms with Crippen molar-refractivity contribution in [3.8, 4) is 0 Å². The molecule has 6 nitrogen and oxygen atoms in total. The molecule has 3 rings (SSSR count). The number of carboxylic acid groups (broad SMARTS) is 1. The van der Waals surface area contributed by atoms with Crippen LogP contribution in [0, 0.1) is 5.92 Å². The number of amides is 2. The van der Waals surface area contributed by atoms with Crippen molar-refractivity contribution in [3.63, 3.8) is 0 Å². The van der Waals surface area contributed by atoms with E-state index < -0.39 is 6.09 Å². The van der Waals surface area contributed by atoms with Gasteiger partial charge in [-0.2, -0.15) is 0 Å². The summed E-state index contributed by atoms with van der Waals surface area (Å²) in [6, 6.07) is 7.02. The van der Waals surface area contributed by atoms with Crippen molar-refractivity contribution in [3.05, 3.63) is 35.0 Å². The van der Waals surface area contributed by atoms with Crippen LogP contribution in [0.3, 0.4) is 0 Å². The highest BCUT2D eigenvalue weighted by Crippen LogP contribution is 2.26. The van der Waals surface area contributed by atoms with Gasteiger partial charge in [-0.3, -0.25) is 4.79 Å². The molecule has 128 valence electrons. The molecule has 0 radical (unpaired) electrons. The summed E-state index contributed by atoms with van der Waals surface area (Å²) in [6.07, 6.45) is 2.46. The third kappa shape index (κ3) is 4.00. The van der Waals surface area contributed by atoms with Crippen LogP contribution in [0.4, 0.5) is 4.79 Å². The zero-order valence-corrected chi connectivity index (χ0v) is 13.8. The van der Waals surface area contributed by atoms with Crippen molar-refractivity contribution in [2.45, 2.75) is 31.7 Å². The average molecular weight is 351 g/mol. The van der Waals surface area contributed by atoms with Crippen molar-refractivity contribution in [2.24, 2.45) is 5.92 Å². The van der Waals surface area contributed by atoms with E-state index in [0.717, 1.165) is 31.1 Å². The largest absolute Gasteiger partial charge is 0.465 e. The fourth-order valence-electron chi connectivity index (χ4n) is 3.13. The first-order chi connectivity index (χ1) is 11.5. The Balaban J connectivity index is 1.54. The minimum atomic E-state index is -0.990. The van der Waals surface area contributed by atoms with E-state index in [1.165, 1.54) is 0 Å². The van der Waals surface area contributed by atoms with E-state index in [9.17, 15) is 9.59 Å². The summed E-state index contributed by atoms with van der Waals surface area (Å²) in [5, 5.41) is 15.4. The van der Waals surface area contributed by atoms with Gasteiger partial charge in [0, 0.05) is 23.0 Å². The minimum absolute atomic E-state index is 0.0929. The number of carbonyl (C=O) groups excluding carboxylic acids is 1. The maximum absolute atomic E-state index is 12.3. The van der Waals surface area contributed by atoms with Crippen molar-refractivity contribution in [1.82, 2.24) is 10.6 Å². The topological polar surface area (TPSA) is 91.6 Å². The minimum Gasteiger partial charge on any atom is -0.465 e. The molecule has 2 amide bonds. The molecule has 1 heterocycles. The molecule has 1 aliphatic rings. The zero-order valence-electron chi connectivity index (χ0n) is 13.0. The molecule has 0 aliphatic heterocycles. The predicted octanol–water partition coefficient (Wildman–Crippen LogP) is 3.64. The number of fused-ring (bicyclic) bond motifs is 1. The highest BCUT2D eigenvalue weighted by Gasteiger charge is 2.24. The van der Waals surface area contributed by atoms with Crippen LogP contribution in [0.5, 0.6) is 0 Å². The van der Waals surface area contributed by atoms with E-state index in [0.29, 0.717) is 23.1 Å². The molecule has 0 saturated heterocycles. The molecular formula is C17H19ClN2O4. The van der Waals surface area contributed by atoms with Crippen molar-refractivity contribution in [1.29, 1.82) is 0 Å². The summed E-state index contributed by atoms with van der Waals surface area (Å²) >= 11 is 5.94. The average Bonchev–Trinajstić information content (AvgIpc) is 2.97. The van der Waals surface area contributed by atoms with Gasteiger partial charge in [-0.1, -0.05) is 11.6 Å². The van der Waals surface area contributed by atoms with Gasteiger partial charge < -0.3 is 20.2 Å². The number of hydrogen-bond acceptors (Lipinski definition) is 3. The summed E-state index contributed by atoms with van der Waals surface area (Å²) in [5.41, 5.74) is 0.632. The van der Waals surface area contributed by atoms with Crippen LogP contribution in [0.1, 0.15) is 36.2 Å². The second-order valence-corrected chi connectivity index (χ2v) is 6.61. The summed E-state index contributed by atoms with van der Waals surface area (Å²) in [7, 11) is 0. The maximum atomic E-state index is 12.3. The summed E-state index contributed by atoms with van der Waals surface area (Å²) < 4.78 is 5.57. The number of carbonyl (C=O) groups is 2. The Kier molecular flexibility index (Phi) is 4.94. The molecular weight excluding hydrogens is 332 g/mol. The molecule has 0 atom stereocenters. The molecule has 7 heteroatoms. The monoisotopic (exact) mass is 350 g/mol. The van der Waals surface area contributed by atoms with Gasteiger partial charge in [0.1, 0.15) is 5.58 Å². The van der Waals surface area contributed by atoms with E-state index in [2.05, 4.69) is 10.6 Å². The van der Waals surface area contributed by atoms with Gasteiger partial charge in [-0.25, -0.2) is 4.79 Å². The molecule has 24 heavy (non-hydrogen) atoms. The first kappa shape index (κ1) is 16.6. The number of rotatable bonds is 4. The van der Waals surface area contributed by atoms with Crippen molar-refractivity contribution < 1.29 is 19.1 Å². The second kappa shape index (κ2) is 7.13. The van der Waals surface area contributed by atoms with Gasteiger partial charge in [0.15, 0.2) is 5.76 Å². The zero-order chi connectivity index (χ0) is 17.1. The van der Waals surface area contributed by atoms with Crippen molar-refractivity contribution in [2.75, 3.05) is 6.54 Å². The Morgan fingerprint density at radius 1 is 1.21 bits per heavy atom. The van der Waals surface area contributed by atoms with Gasteiger partial charge in [0.2, 0.25) is 0 Å². The Morgan fingerprint density at radius 3 is 2.67 bits per heavy atom. The Morgan fingerprint density at radius 2 is 1.96 bits per heavy atom. The highest BCUT2D eigenvalue weighted by molar-refractivity contribution is 6.31. The summed E-state index contributed by atoms with van der Waals surface area (Å²) in [4.78, 5) is 22.9. The van der Waals surface area contributed by atoms with E-state index in [4.69, 9.17) is 21.1 Å². The first-order valence-corrected chi connectivity index (χ1v) is 8.36. The molecule has 3 N–H and O–H groups in total. The lowest BCUT2D eigenvalue weighted by atomic mass is 9.86. The lowest BCUT2D eigenvalue weighted by Gasteiger charge is -2.28. The number of halogens is 1. The fraction of sp³-hybridized carbons (Fsp3) is 0.412. The highest BCUT2D eigenvalue weighted by atomic mass is 35.5. The predicted molar refractivity (Wildman–Crippen MR) is 90.5 cm³/mol. The molecule has 0 bridgehead atoms. The van der Waals surface area contributed by atoms with Crippen LogP contribution in [-0.4, -0.2) is 29.7 Å². The van der Waals surface area contributed by atoms with Crippen LogP contribution in [0.2, 0.25) is 5.02 Å². The fourth-order valence-corrected chi connectivity index (χ4v) is 3.31. The molecule has 0 spiro atoms. The third-order valence-corrected chi connectivity index (χ3v) is 4.66. The Bertz CT molecular complexity index is 750. The van der Waals surface area contributed by atoms with Gasteiger partial charge in [-0.15, -0.1) is 0 Å². The number of hydrogen-bond donors (Lipinski definition) is 3. The molecule has 1 fully saturated rings. The van der Waals surface area contributed by atoms with Crippen LogP contribution >= 0.6 is 11.6 Å². The summed E-state index contributed by atoms with van der Waals surface area (Å²) in [5.74, 6) is 0.388. The van der Waals surface area contributed by atoms with Crippen LogP contribution in [-0.2, 0) is 0 Å². The van der Waals surface area contributed by atoms with E-state index >= 15 is 0 Å². The maximum Gasteiger partial charge on any atom is 0.404 e. The molecule has 1 aliphatic carbocycles. The van der Waals surface area contributed by atoms with Gasteiger partial charge in [-0.05, 0) is 55.9 Å². The lowest BCUT2D eigenvalue weighted by Crippen LogP contribution is -2.39. The van der Waals surface area contributed by atoms with E-state index in [1.807, 2.05) is 0 Å². The van der Waals surface area contributed by atoms with E-state index in [1.54, 1.807) is 24.3 Å². The molecule has 2 aromatic rings. The smallest absolute Gasteiger partial charge is 0.404 e. The Labute approximate surface area is 144 Å². The normalized spacial score (nSPS) is 20.7. The number of benzene rings is 1. The first-order valence-electron chi connectivity index (χ1n) is 7.98. The van der Waals surface area contributed by atoms with Crippen molar-refractivity contribution >= 4 is 34.6 Å². The molecule has 1 saturated carbocycles. The molecule has 1 aromatic heterocycles. The van der Waals surface area contributed by atoms with Crippen LogP contribution in [0.25, 0.3) is 11.0 Å². The van der Waals surface area contributed by atoms with Crippen LogP contribution in [0.15, 0.2) is 28.7 Å². The number of furan rings is 1. The van der Waals surface area contributed by atoms with Gasteiger partial charge in [0.05, 0.1) is 0 Å². The molecule has 1 aromatic carbocycles. The Hall–Kier alpha value is -2.21. The number of nitrogens with one attached hydrogen (secondary N) is 2. The molecule has 0 unspecified atom stereocenters. The van der Waals surface area contributed by atoms with Gasteiger partial charge in [0.25, 0.3) is 5.91 Å². The summed E-state index contributed by atoms with van der Waals surface area (Å²) in [6.45, 7) is 0.473. The quantitative estimate of drug-likeness (QED) is 0.785. The SMILES string of the molecule is O=C(O)NCC1CCC(NC(=O)c2cc3cc(Cl)ccc3o2)CC1. The van der Waals surface area contributed by atoms with Gasteiger partial charge >= 0.3 is 6.09 Å². The second-order valence-electron chi connectivity index (χ2n) is 6.17.